The summed E-state index contributed by atoms with van der Waals surface area (Å²) in [5.41, 5.74) is -0.432. The van der Waals surface area contributed by atoms with Crippen LogP contribution in [0.5, 0.6) is 0 Å². The predicted molar refractivity (Wildman–Crippen MR) is 79.1 cm³/mol. The Morgan fingerprint density at radius 3 is 2.77 bits per heavy atom. The SMILES string of the molecule is CC(CCCCC(=O)OC(C)(C)C)O[C@@H]1OC2O[C@@H]2C=C1O. The molecule has 2 aliphatic rings. The molecule has 126 valence electrons. The highest BCUT2D eigenvalue weighted by molar-refractivity contribution is 5.69. The van der Waals surface area contributed by atoms with Crippen molar-refractivity contribution in [3.8, 4) is 0 Å². The van der Waals surface area contributed by atoms with Crippen LogP contribution in [0.1, 0.15) is 53.4 Å². The highest BCUT2D eigenvalue weighted by Crippen LogP contribution is 2.33. The molecule has 1 fully saturated rings. The zero-order chi connectivity index (χ0) is 16.3. The second-order valence-corrected chi connectivity index (χ2v) is 6.81. The normalized spacial score (nSPS) is 28.5. The van der Waals surface area contributed by atoms with Gasteiger partial charge in [0.05, 0.1) is 6.10 Å². The molecule has 1 N–H and O–H groups in total. The van der Waals surface area contributed by atoms with Crippen molar-refractivity contribution in [2.45, 2.75) is 83.8 Å². The number of carbonyl (C=O) groups is 1. The van der Waals surface area contributed by atoms with Gasteiger partial charge in [-0.15, -0.1) is 0 Å². The number of esters is 1. The summed E-state index contributed by atoms with van der Waals surface area (Å²) >= 11 is 0. The van der Waals surface area contributed by atoms with Gasteiger partial charge in [-0.3, -0.25) is 4.79 Å². The summed E-state index contributed by atoms with van der Waals surface area (Å²) in [6.45, 7) is 7.50. The molecular weight excluding hydrogens is 288 g/mol. The van der Waals surface area contributed by atoms with Gasteiger partial charge >= 0.3 is 5.97 Å². The van der Waals surface area contributed by atoms with E-state index in [-0.39, 0.29) is 30.2 Å². The molecule has 0 aromatic heterocycles. The quantitative estimate of drug-likeness (QED) is 0.442. The Morgan fingerprint density at radius 2 is 2.09 bits per heavy atom. The number of epoxide rings is 1. The fourth-order valence-corrected chi connectivity index (χ4v) is 2.25. The van der Waals surface area contributed by atoms with Crippen molar-refractivity contribution in [1.82, 2.24) is 0 Å². The van der Waals surface area contributed by atoms with Gasteiger partial charge in [0.1, 0.15) is 17.5 Å². The Bertz CT molecular complexity index is 425. The molecule has 0 amide bonds. The van der Waals surface area contributed by atoms with Crippen LogP contribution in [0.2, 0.25) is 0 Å². The maximum Gasteiger partial charge on any atom is 0.306 e. The van der Waals surface area contributed by atoms with E-state index in [1.165, 1.54) is 0 Å². The Hall–Kier alpha value is -1.11. The number of ether oxygens (including phenoxy) is 4. The number of hydrogen-bond acceptors (Lipinski definition) is 6. The van der Waals surface area contributed by atoms with E-state index in [4.69, 9.17) is 18.9 Å². The van der Waals surface area contributed by atoms with Gasteiger partial charge in [0, 0.05) is 6.42 Å². The van der Waals surface area contributed by atoms with Gasteiger partial charge in [-0.05, 0) is 46.6 Å². The minimum absolute atomic E-state index is 0.0688. The molecule has 0 radical (unpaired) electrons. The second kappa shape index (κ2) is 6.98. The molecule has 6 heteroatoms. The van der Waals surface area contributed by atoms with Gasteiger partial charge in [-0.25, -0.2) is 0 Å². The van der Waals surface area contributed by atoms with E-state index in [0.29, 0.717) is 6.42 Å². The van der Waals surface area contributed by atoms with Crippen LogP contribution in [0, 0.1) is 0 Å². The molecule has 0 aromatic rings. The van der Waals surface area contributed by atoms with Gasteiger partial charge in [0.25, 0.3) is 0 Å². The lowest BCUT2D eigenvalue weighted by molar-refractivity contribution is -0.185. The highest BCUT2D eigenvalue weighted by atomic mass is 16.8. The Labute approximate surface area is 131 Å². The van der Waals surface area contributed by atoms with Crippen molar-refractivity contribution in [3.63, 3.8) is 0 Å². The summed E-state index contributed by atoms with van der Waals surface area (Å²) in [6.07, 6.45) is 3.19. The molecule has 2 aliphatic heterocycles. The molecule has 0 bridgehead atoms. The fourth-order valence-electron chi connectivity index (χ4n) is 2.25. The topological polar surface area (TPSA) is 77.5 Å². The molecule has 6 nitrogen and oxygen atoms in total. The lowest BCUT2D eigenvalue weighted by Gasteiger charge is -2.23. The van der Waals surface area contributed by atoms with Crippen molar-refractivity contribution >= 4 is 5.97 Å². The van der Waals surface area contributed by atoms with Gasteiger partial charge in [0.15, 0.2) is 6.29 Å². The number of hydrogen-bond donors (Lipinski definition) is 1. The number of fused-ring (bicyclic) bond motifs is 1. The zero-order valence-electron chi connectivity index (χ0n) is 13.7. The molecule has 22 heavy (non-hydrogen) atoms. The van der Waals surface area contributed by atoms with E-state index < -0.39 is 11.9 Å². The number of aliphatic hydroxyl groups is 1. The molecule has 2 rings (SSSR count). The van der Waals surface area contributed by atoms with Gasteiger partial charge in [-0.1, -0.05) is 6.42 Å². The molecule has 4 atom stereocenters. The van der Waals surface area contributed by atoms with Gasteiger partial charge < -0.3 is 24.1 Å². The van der Waals surface area contributed by atoms with E-state index in [9.17, 15) is 9.90 Å². The largest absolute Gasteiger partial charge is 0.507 e. The minimum Gasteiger partial charge on any atom is -0.507 e. The Morgan fingerprint density at radius 1 is 1.36 bits per heavy atom. The third-order valence-corrected chi connectivity index (χ3v) is 3.33. The zero-order valence-corrected chi connectivity index (χ0v) is 13.7. The molecule has 1 saturated heterocycles. The summed E-state index contributed by atoms with van der Waals surface area (Å²) in [5.74, 6) is -0.103. The van der Waals surface area contributed by atoms with E-state index in [2.05, 4.69) is 0 Å². The highest BCUT2D eigenvalue weighted by Gasteiger charge is 2.46. The lowest BCUT2D eigenvalue weighted by Crippen LogP contribution is -2.29. The number of aliphatic hydroxyl groups excluding tert-OH is 1. The Kier molecular flexibility index (Phi) is 5.47. The van der Waals surface area contributed by atoms with Crippen molar-refractivity contribution in [3.05, 3.63) is 11.8 Å². The summed E-state index contributed by atoms with van der Waals surface area (Å²) in [5, 5.41) is 9.74. The number of carbonyl (C=O) groups excluding carboxylic acids is 1. The molecule has 2 heterocycles. The maximum atomic E-state index is 11.6. The van der Waals surface area contributed by atoms with Crippen molar-refractivity contribution < 1.29 is 28.8 Å². The number of rotatable bonds is 7. The van der Waals surface area contributed by atoms with Crippen LogP contribution >= 0.6 is 0 Å². The van der Waals surface area contributed by atoms with Crippen LogP contribution < -0.4 is 0 Å². The van der Waals surface area contributed by atoms with Crippen molar-refractivity contribution in [2.75, 3.05) is 0 Å². The first-order chi connectivity index (χ1) is 10.2. The summed E-state index contributed by atoms with van der Waals surface area (Å²) in [4.78, 5) is 11.6. The molecule has 0 aliphatic carbocycles. The van der Waals surface area contributed by atoms with Crippen LogP contribution in [0.15, 0.2) is 11.8 Å². The van der Waals surface area contributed by atoms with E-state index >= 15 is 0 Å². The molecule has 0 saturated carbocycles. The third kappa shape index (κ3) is 5.59. The van der Waals surface area contributed by atoms with E-state index in [1.807, 2.05) is 27.7 Å². The standard InChI is InChI=1S/C16H26O6/c1-10(7-5-6-8-13(18)22-16(2,3)4)19-14-11(17)9-12-15(20-12)21-14/h9-10,12,14-15,17H,5-8H2,1-4H3/t10?,12-,14-,15?/m1/s1. The van der Waals surface area contributed by atoms with Crippen molar-refractivity contribution in [2.24, 2.45) is 0 Å². The van der Waals surface area contributed by atoms with Crippen LogP contribution in [0.25, 0.3) is 0 Å². The van der Waals surface area contributed by atoms with Gasteiger partial charge in [-0.2, -0.15) is 0 Å². The van der Waals surface area contributed by atoms with E-state index in [0.717, 1.165) is 19.3 Å². The third-order valence-electron chi connectivity index (χ3n) is 3.33. The predicted octanol–water partition coefficient (Wildman–Crippen LogP) is 2.82. The summed E-state index contributed by atoms with van der Waals surface area (Å²) < 4.78 is 21.4. The second-order valence-electron chi connectivity index (χ2n) is 6.81. The smallest absolute Gasteiger partial charge is 0.306 e. The minimum atomic E-state index is -0.746. The van der Waals surface area contributed by atoms with Crippen LogP contribution in [0.4, 0.5) is 0 Å². The summed E-state index contributed by atoms with van der Waals surface area (Å²) in [6, 6.07) is 0. The first kappa shape index (κ1) is 17.2. The molecule has 0 aromatic carbocycles. The van der Waals surface area contributed by atoms with Crippen LogP contribution in [-0.4, -0.2) is 41.5 Å². The maximum absolute atomic E-state index is 11.6. The van der Waals surface area contributed by atoms with Gasteiger partial charge in [0.2, 0.25) is 6.29 Å². The van der Waals surface area contributed by atoms with E-state index in [1.54, 1.807) is 6.08 Å². The monoisotopic (exact) mass is 314 g/mol. The average Bonchev–Trinajstić information content (AvgIpc) is 3.10. The average molecular weight is 314 g/mol. The fraction of sp³-hybridized carbons (Fsp3) is 0.812. The van der Waals surface area contributed by atoms with Crippen LogP contribution in [-0.2, 0) is 23.7 Å². The molecular formula is C16H26O6. The number of unbranched alkanes of at least 4 members (excludes halogenated alkanes) is 1. The first-order valence-corrected chi connectivity index (χ1v) is 7.83. The van der Waals surface area contributed by atoms with Crippen molar-refractivity contribution in [1.29, 1.82) is 0 Å². The molecule has 2 unspecified atom stereocenters. The van der Waals surface area contributed by atoms with Crippen LogP contribution in [0.3, 0.4) is 0 Å². The summed E-state index contributed by atoms with van der Waals surface area (Å²) in [7, 11) is 0. The Balaban J connectivity index is 1.58. The molecule has 0 spiro atoms. The lowest BCUT2D eigenvalue weighted by atomic mass is 10.1. The first-order valence-electron chi connectivity index (χ1n) is 7.83.